The summed E-state index contributed by atoms with van der Waals surface area (Å²) < 4.78 is 79.5. The van der Waals surface area contributed by atoms with Crippen molar-refractivity contribution in [3.05, 3.63) is 0 Å². The van der Waals surface area contributed by atoms with Gasteiger partial charge >= 0.3 is 0 Å². The molecule has 448 valence electrons. The van der Waals surface area contributed by atoms with E-state index in [2.05, 4.69) is 0 Å². The van der Waals surface area contributed by atoms with Gasteiger partial charge < -0.3 is 174 Å². The molecule has 14 bridgehead atoms. The lowest BCUT2D eigenvalue weighted by Gasteiger charge is -2.50. The molecule has 0 amide bonds. The smallest absolute Gasteiger partial charge is 0.187 e. The van der Waals surface area contributed by atoms with Gasteiger partial charge in [-0.05, 0) is 0 Å². The molecule has 21 heterocycles. The van der Waals surface area contributed by atoms with Crippen LogP contribution in [-0.4, -0.2) is 368 Å². The summed E-state index contributed by atoms with van der Waals surface area (Å²) in [5.74, 6) is 0. The Morgan fingerprint density at radius 3 is 0.351 bits per heavy atom. The van der Waals surface area contributed by atoms with Crippen molar-refractivity contribution in [2.75, 3.05) is 46.2 Å². The lowest BCUT2D eigenvalue weighted by molar-refractivity contribution is -0.396. The molecule has 21 fully saturated rings. The Hall–Kier alpha value is -1.40. The maximum atomic E-state index is 11.3. The number of rotatable bonds is 7. The van der Waals surface area contributed by atoms with E-state index >= 15 is 0 Å². The first-order valence-corrected chi connectivity index (χ1v) is 24.6. The van der Waals surface area contributed by atoms with Crippen molar-refractivity contribution in [1.29, 1.82) is 0 Å². The minimum atomic E-state index is -2.21. The Morgan fingerprint density at radius 2 is 0.260 bits per heavy atom. The highest BCUT2D eigenvalue weighted by atomic mass is 16.8. The number of hydrogen-bond acceptors (Lipinski definition) is 35. The predicted molar refractivity (Wildman–Crippen MR) is 228 cm³/mol. The van der Waals surface area contributed by atoms with E-state index in [4.69, 9.17) is 66.3 Å². The summed E-state index contributed by atoms with van der Waals surface area (Å²) >= 11 is 0. The predicted octanol–water partition coefficient (Wildman–Crippen LogP) is -15.2. The van der Waals surface area contributed by atoms with Gasteiger partial charge in [-0.25, -0.2) is 0 Å². The summed E-state index contributed by atoms with van der Waals surface area (Å²) in [6.45, 7) is -7.33. The molecule has 35 nitrogen and oxygen atoms in total. The minimum absolute atomic E-state index is 1.05. The number of aliphatic hydroxyl groups excluding tert-OH is 21. The van der Waals surface area contributed by atoms with E-state index in [9.17, 15) is 107 Å². The summed E-state index contributed by atoms with van der Waals surface area (Å²) in [5.41, 5.74) is 0. The molecule has 0 radical (unpaired) electrons. The van der Waals surface area contributed by atoms with Crippen LogP contribution in [0.5, 0.6) is 0 Å². The van der Waals surface area contributed by atoms with Crippen LogP contribution >= 0.6 is 0 Å². The molecule has 21 N–H and O–H groups in total. The zero-order chi connectivity index (χ0) is 56.1. The van der Waals surface area contributed by atoms with Gasteiger partial charge in [0.1, 0.15) is 171 Å². The van der Waals surface area contributed by atoms with Crippen LogP contribution in [0.4, 0.5) is 0 Å². The zero-order valence-corrected chi connectivity index (χ0v) is 40.3. The largest absolute Gasteiger partial charge is 0.394 e. The Bertz CT molecular complexity index is 1470. The quantitative estimate of drug-likeness (QED) is 0.113. The van der Waals surface area contributed by atoms with Gasteiger partial charge in [0.2, 0.25) is 0 Å². The van der Waals surface area contributed by atoms with Crippen LogP contribution < -0.4 is 0 Å². The average Bonchev–Trinajstić information content (AvgIpc) is 3.45. The molecule has 0 aliphatic carbocycles. The second-order valence-electron chi connectivity index (χ2n) is 19.7. The summed E-state index contributed by atoms with van der Waals surface area (Å²) in [5, 5.41) is 230. The van der Waals surface area contributed by atoms with Crippen molar-refractivity contribution in [2.24, 2.45) is 0 Å². The fourth-order valence-corrected chi connectivity index (χ4v) is 10.4. The monoisotopic (exact) mass is 1130 g/mol. The van der Waals surface area contributed by atoms with Crippen molar-refractivity contribution in [3.63, 3.8) is 0 Å². The van der Waals surface area contributed by atoms with Crippen LogP contribution in [0.15, 0.2) is 0 Å². The van der Waals surface area contributed by atoms with E-state index in [1.54, 1.807) is 0 Å². The van der Waals surface area contributed by atoms with Gasteiger partial charge in [0.15, 0.2) is 44.0 Å². The van der Waals surface area contributed by atoms with Gasteiger partial charge in [-0.15, -0.1) is 0 Å². The Labute approximate surface area is 434 Å². The molecule has 9 unspecified atom stereocenters. The fourth-order valence-electron chi connectivity index (χ4n) is 10.4. The summed E-state index contributed by atoms with van der Waals surface area (Å²) in [7, 11) is 0. The number of hydrogen-bond donors (Lipinski definition) is 21. The molecule has 0 aromatic carbocycles. The molecule has 21 aliphatic rings. The molecule has 0 spiro atoms. The van der Waals surface area contributed by atoms with Gasteiger partial charge in [0.05, 0.1) is 46.2 Å². The molecule has 77 heavy (non-hydrogen) atoms. The SMILES string of the molecule is OC[C@H]1OC2O[C@H]3[C@H](O)[C@H](O)C(O[C@@H]4[C@H](O)[C@H](O)C(O[C@@H]5[C@H](O)[C@@H](O)C(O[C@@H]6[C@H](O)[C@H](O)C(O[C@@H]7C(O)[C@@H](O)C(O[C@H]8[C@H](O)[C@H](O)C(OC1[C@H](O)[C@H]2O)O[C@@H]8CO)O[C@@H]7CO)O[C@@H]6CO)O[C@@H]5CO)O[C@@H]4CO)O[C@@H]3CO. The molecule has 0 saturated carbocycles. The molecule has 21 rings (SSSR count). The van der Waals surface area contributed by atoms with Crippen molar-refractivity contribution in [2.45, 2.75) is 215 Å². The first kappa shape index (κ1) is 61.7. The standard InChI is InChI=1S/C42H70O35/c43-1-8-29-15(50)22(57)36(64-8)72-30-9(2-44)66-38(24(59)17(30)52)74-32-11(4-46)68-40(26(61)19(32)54)76-34-13(6-48)70-42(28(63)21(34)56)77-35-14(7-49)69-41(27(62)20(35)55)75-33-12(5-47)67-39(25(60)18(33)53)73-31-10(3-45)65-37(71-29)23(58)16(31)51/h8-63H,1-7H2/t8-,9-,10-,11-,12-,13-,14-,15-,16-,17-,18-,19-,20-,21?,22+,23+,24-,25-,26+,27+,28-,29+,30+,31-,32+,33?,34+,35-,36?,37?,38?,39?,40?,41?,42?/m1/s1. The highest BCUT2D eigenvalue weighted by Crippen LogP contribution is 2.39. The van der Waals surface area contributed by atoms with Crippen LogP contribution in [0.25, 0.3) is 0 Å². The third-order valence-electron chi connectivity index (χ3n) is 14.8. The number of ether oxygens (including phenoxy) is 14. The van der Waals surface area contributed by atoms with Gasteiger partial charge in [-0.2, -0.15) is 0 Å². The summed E-state index contributed by atoms with van der Waals surface area (Å²) in [4.78, 5) is 0. The third-order valence-corrected chi connectivity index (χ3v) is 14.8. The molecule has 35 atom stereocenters. The lowest BCUT2D eigenvalue weighted by atomic mass is 9.95. The third kappa shape index (κ3) is 12.1. The van der Waals surface area contributed by atoms with E-state index in [0.29, 0.717) is 0 Å². The van der Waals surface area contributed by atoms with Gasteiger partial charge in [-0.1, -0.05) is 0 Å². The second-order valence-corrected chi connectivity index (χ2v) is 19.7. The van der Waals surface area contributed by atoms with Crippen molar-refractivity contribution < 1.29 is 174 Å². The van der Waals surface area contributed by atoms with Crippen LogP contribution in [0.1, 0.15) is 0 Å². The van der Waals surface area contributed by atoms with Gasteiger partial charge in [0, 0.05) is 0 Å². The van der Waals surface area contributed by atoms with Crippen molar-refractivity contribution in [1.82, 2.24) is 0 Å². The summed E-state index contributed by atoms with van der Waals surface area (Å²) in [6, 6.07) is 0. The Kier molecular flexibility index (Phi) is 20.8. The van der Waals surface area contributed by atoms with E-state index < -0.39 is 261 Å². The Balaban J connectivity index is 1.08. The molecule has 21 aliphatic heterocycles. The van der Waals surface area contributed by atoms with Crippen LogP contribution in [0.2, 0.25) is 0 Å². The first-order valence-electron chi connectivity index (χ1n) is 24.6. The summed E-state index contributed by atoms with van der Waals surface area (Å²) in [6.07, 6.45) is -70.2. The molecule has 0 aromatic rings. The van der Waals surface area contributed by atoms with E-state index in [-0.39, 0.29) is 0 Å². The van der Waals surface area contributed by atoms with E-state index in [1.807, 2.05) is 0 Å². The van der Waals surface area contributed by atoms with Gasteiger partial charge in [-0.3, -0.25) is 0 Å². The second kappa shape index (κ2) is 26.0. The topological polar surface area (TPSA) is 554 Å². The number of aliphatic hydroxyl groups is 21. The minimum Gasteiger partial charge on any atom is -0.394 e. The highest BCUT2D eigenvalue weighted by molar-refractivity contribution is 5.01. The maximum Gasteiger partial charge on any atom is 0.187 e. The van der Waals surface area contributed by atoms with Crippen LogP contribution in [0, 0.1) is 0 Å². The highest BCUT2D eigenvalue weighted by Gasteiger charge is 2.59. The zero-order valence-electron chi connectivity index (χ0n) is 40.3. The molecule has 21 saturated heterocycles. The van der Waals surface area contributed by atoms with Crippen LogP contribution in [0.3, 0.4) is 0 Å². The van der Waals surface area contributed by atoms with Crippen LogP contribution in [-0.2, 0) is 66.3 Å². The van der Waals surface area contributed by atoms with Gasteiger partial charge in [0.25, 0.3) is 0 Å². The Morgan fingerprint density at radius 1 is 0.156 bits per heavy atom. The van der Waals surface area contributed by atoms with Crippen molar-refractivity contribution in [3.8, 4) is 0 Å². The fraction of sp³-hybridized carbons (Fsp3) is 1.00. The molecular formula is C42H70O35. The average molecular weight is 1130 g/mol. The normalized spacial score (nSPS) is 55.4. The maximum absolute atomic E-state index is 11.3. The molecular weight excluding hydrogens is 1060 g/mol. The molecule has 35 heteroatoms. The van der Waals surface area contributed by atoms with Crippen molar-refractivity contribution >= 4 is 0 Å². The molecule has 0 aromatic heterocycles. The van der Waals surface area contributed by atoms with E-state index in [1.165, 1.54) is 0 Å². The first-order chi connectivity index (χ1) is 36.7. The lowest BCUT2D eigenvalue weighted by Crippen LogP contribution is -2.68. The van der Waals surface area contributed by atoms with E-state index in [0.717, 1.165) is 0 Å².